The van der Waals surface area contributed by atoms with Crippen LogP contribution in [0.2, 0.25) is 5.02 Å². The van der Waals surface area contributed by atoms with Crippen LogP contribution in [-0.2, 0) is 26.7 Å². The molecule has 2 aromatic rings. The number of alkyl halides is 3. The van der Waals surface area contributed by atoms with Crippen molar-refractivity contribution in [1.82, 2.24) is 19.5 Å². The van der Waals surface area contributed by atoms with Gasteiger partial charge < -0.3 is 24.8 Å². The van der Waals surface area contributed by atoms with Crippen molar-refractivity contribution in [2.75, 3.05) is 25.0 Å². The van der Waals surface area contributed by atoms with Gasteiger partial charge in [0.15, 0.2) is 11.4 Å². The third-order valence-corrected chi connectivity index (χ3v) is 8.07. The van der Waals surface area contributed by atoms with Gasteiger partial charge in [0.1, 0.15) is 16.8 Å². The highest BCUT2D eigenvalue weighted by Crippen LogP contribution is 2.35. The number of hydrogen-bond acceptors (Lipinski definition) is 6. The molecule has 2 aliphatic rings. The molecule has 3 atom stereocenters. The van der Waals surface area contributed by atoms with Crippen LogP contribution in [0.3, 0.4) is 0 Å². The lowest BCUT2D eigenvalue weighted by atomic mass is 10.1. The number of aryl methyl sites for hydroxylation is 1. The summed E-state index contributed by atoms with van der Waals surface area (Å²) in [4.78, 5) is 38.2. The maximum absolute atomic E-state index is 13.5. The summed E-state index contributed by atoms with van der Waals surface area (Å²) in [7, 11) is -2.90. The van der Waals surface area contributed by atoms with Crippen molar-refractivity contribution in [3.8, 4) is 5.75 Å². The molecule has 0 saturated carbocycles. The molecule has 0 spiro atoms. The molecule has 212 valence electrons. The van der Waals surface area contributed by atoms with Crippen LogP contribution in [0.15, 0.2) is 29.3 Å². The van der Waals surface area contributed by atoms with Crippen LogP contribution in [-0.4, -0.2) is 73.6 Å². The molecule has 1 aromatic carbocycles. The van der Waals surface area contributed by atoms with E-state index in [1.54, 1.807) is 5.32 Å². The second kappa shape index (κ2) is 10.3. The minimum Gasteiger partial charge on any atom is -0.489 e. The Balaban J connectivity index is 1.54. The van der Waals surface area contributed by atoms with Crippen molar-refractivity contribution in [1.29, 1.82) is 0 Å². The van der Waals surface area contributed by atoms with E-state index in [-0.39, 0.29) is 46.7 Å². The molecule has 3 heterocycles. The van der Waals surface area contributed by atoms with E-state index in [1.807, 2.05) is 0 Å². The highest BCUT2D eigenvalue weighted by atomic mass is 35.5. The van der Waals surface area contributed by atoms with Gasteiger partial charge in [-0.25, -0.2) is 17.5 Å². The van der Waals surface area contributed by atoms with E-state index in [1.165, 1.54) is 23.7 Å². The lowest BCUT2D eigenvalue weighted by Crippen LogP contribution is -2.50. The van der Waals surface area contributed by atoms with Crippen molar-refractivity contribution < 1.29 is 45.1 Å². The van der Waals surface area contributed by atoms with Gasteiger partial charge in [0, 0.05) is 44.0 Å². The summed E-state index contributed by atoms with van der Waals surface area (Å²) in [5.41, 5.74) is -0.0444. The van der Waals surface area contributed by atoms with Crippen LogP contribution in [0, 0.1) is 11.7 Å². The Morgan fingerprint density at radius 1 is 1.23 bits per heavy atom. The summed E-state index contributed by atoms with van der Waals surface area (Å²) >= 11 is 5.75. The standard InChI is InChI=1S/C22H22ClF4N5O6S/c1-10(22(25,26)27)28-20(34)21(35)32-6-11-9-38-18-16(39(36,37)30-15(11)7-32)8-31(2)17(18)19(33)29-12-3-4-14(24)13(23)5-12/h3-5,8,10-11,15,30H,6-7,9H2,1-2H3,(H,28,34)(H,29,33)/t10-,11+,15+/m1/s1. The molecular formula is C22H22ClF4N5O6S. The number of sulfonamides is 1. The zero-order valence-corrected chi connectivity index (χ0v) is 21.9. The number of rotatable bonds is 3. The highest BCUT2D eigenvalue weighted by molar-refractivity contribution is 7.89. The molecule has 2 aliphatic heterocycles. The van der Waals surface area contributed by atoms with Crippen LogP contribution in [0.1, 0.15) is 17.4 Å². The van der Waals surface area contributed by atoms with Crippen molar-refractivity contribution in [3.05, 3.63) is 40.9 Å². The van der Waals surface area contributed by atoms with E-state index in [0.29, 0.717) is 6.92 Å². The lowest BCUT2D eigenvalue weighted by molar-refractivity contribution is -0.162. The normalized spacial score (nSPS) is 21.1. The number of ether oxygens (including phenoxy) is 1. The summed E-state index contributed by atoms with van der Waals surface area (Å²) in [6.45, 7) is -0.00354. The Kier molecular flexibility index (Phi) is 7.57. The molecule has 0 unspecified atom stereocenters. The van der Waals surface area contributed by atoms with Crippen LogP contribution in [0.25, 0.3) is 0 Å². The molecule has 17 heteroatoms. The van der Waals surface area contributed by atoms with Gasteiger partial charge in [-0.1, -0.05) is 11.6 Å². The maximum Gasteiger partial charge on any atom is 0.408 e. The first-order valence-electron chi connectivity index (χ1n) is 11.4. The van der Waals surface area contributed by atoms with Gasteiger partial charge in [-0.05, 0) is 25.1 Å². The Bertz CT molecular complexity index is 1450. The van der Waals surface area contributed by atoms with Gasteiger partial charge >= 0.3 is 18.0 Å². The fourth-order valence-corrected chi connectivity index (χ4v) is 5.88. The van der Waals surface area contributed by atoms with E-state index in [0.717, 1.165) is 17.2 Å². The number of aromatic nitrogens is 1. The third-order valence-electron chi connectivity index (χ3n) is 6.29. The van der Waals surface area contributed by atoms with Gasteiger partial charge in [-0.3, -0.25) is 14.4 Å². The second-order valence-corrected chi connectivity index (χ2v) is 11.2. The smallest absolute Gasteiger partial charge is 0.408 e. The average Bonchev–Trinajstić information content (AvgIpc) is 3.38. The number of anilines is 1. The SMILES string of the molecule is C[C@@H](NC(=O)C(=O)N1C[C@H]2COc3c(cn(C)c3C(=O)Nc3ccc(F)c(Cl)c3)S(=O)(=O)N[C@H]2C1)C(F)(F)F. The van der Waals surface area contributed by atoms with E-state index < -0.39 is 57.7 Å². The molecule has 39 heavy (non-hydrogen) atoms. The number of benzene rings is 1. The van der Waals surface area contributed by atoms with E-state index in [4.69, 9.17) is 16.3 Å². The Labute approximate surface area is 224 Å². The number of nitrogens with zero attached hydrogens (tertiary/aromatic N) is 2. The minimum atomic E-state index is -4.76. The number of halogens is 5. The summed E-state index contributed by atoms with van der Waals surface area (Å²) in [5.74, 6) is -5.21. The molecule has 1 saturated heterocycles. The minimum absolute atomic E-state index is 0.135. The summed E-state index contributed by atoms with van der Waals surface area (Å²) in [5, 5.41) is 3.83. The molecule has 3 N–H and O–H groups in total. The third kappa shape index (κ3) is 5.81. The van der Waals surface area contributed by atoms with Gasteiger partial charge in [-0.15, -0.1) is 0 Å². The number of likely N-dealkylation sites (tertiary alicyclic amines) is 1. The number of fused-ring (bicyclic) bond motifs is 2. The first-order chi connectivity index (χ1) is 18.1. The number of nitrogens with one attached hydrogen (secondary N) is 3. The second-order valence-electron chi connectivity index (χ2n) is 9.11. The fraction of sp³-hybridized carbons (Fsp3) is 0.409. The molecule has 1 fully saturated rings. The first kappa shape index (κ1) is 28.6. The molecule has 0 aliphatic carbocycles. The largest absolute Gasteiger partial charge is 0.489 e. The fourth-order valence-electron chi connectivity index (χ4n) is 4.21. The quantitative estimate of drug-likeness (QED) is 0.364. The van der Waals surface area contributed by atoms with Gasteiger partial charge in [-0.2, -0.15) is 13.2 Å². The predicted octanol–water partition coefficient (Wildman–Crippen LogP) is 1.63. The zero-order valence-electron chi connectivity index (χ0n) is 20.3. The number of carbonyl (C=O) groups excluding carboxylic acids is 3. The zero-order chi connectivity index (χ0) is 28.9. The van der Waals surface area contributed by atoms with Crippen molar-refractivity contribution in [3.63, 3.8) is 0 Å². The van der Waals surface area contributed by atoms with E-state index in [9.17, 15) is 40.4 Å². The molecular weight excluding hydrogens is 574 g/mol. The van der Waals surface area contributed by atoms with Crippen LogP contribution in [0.4, 0.5) is 23.2 Å². The van der Waals surface area contributed by atoms with Crippen molar-refractivity contribution in [2.45, 2.75) is 30.1 Å². The monoisotopic (exact) mass is 595 g/mol. The van der Waals surface area contributed by atoms with Crippen LogP contribution >= 0.6 is 11.6 Å². The molecule has 0 bridgehead atoms. The number of amides is 3. The molecule has 4 rings (SSSR count). The molecule has 1 aromatic heterocycles. The van der Waals surface area contributed by atoms with Crippen LogP contribution < -0.4 is 20.1 Å². The molecule has 0 radical (unpaired) electrons. The highest BCUT2D eigenvalue weighted by Gasteiger charge is 2.44. The van der Waals surface area contributed by atoms with E-state index >= 15 is 0 Å². The molecule has 3 amide bonds. The van der Waals surface area contributed by atoms with Gasteiger partial charge in [0.2, 0.25) is 10.0 Å². The lowest BCUT2D eigenvalue weighted by Gasteiger charge is -2.23. The summed E-state index contributed by atoms with van der Waals surface area (Å²) in [6, 6.07) is 0.277. The van der Waals surface area contributed by atoms with E-state index in [2.05, 4.69) is 10.0 Å². The average molecular weight is 596 g/mol. The Hall–Kier alpha value is -3.37. The Morgan fingerprint density at radius 3 is 2.56 bits per heavy atom. The van der Waals surface area contributed by atoms with Gasteiger partial charge in [0.25, 0.3) is 5.91 Å². The Morgan fingerprint density at radius 2 is 1.92 bits per heavy atom. The number of hydrogen-bond donors (Lipinski definition) is 3. The summed E-state index contributed by atoms with van der Waals surface area (Å²) in [6.07, 6.45) is -3.61. The topological polar surface area (TPSA) is 139 Å². The first-order valence-corrected chi connectivity index (χ1v) is 13.2. The van der Waals surface area contributed by atoms with Crippen LogP contribution in [0.5, 0.6) is 5.75 Å². The maximum atomic E-state index is 13.5. The van der Waals surface area contributed by atoms with Crippen molar-refractivity contribution >= 4 is 45.0 Å². The van der Waals surface area contributed by atoms with Gasteiger partial charge in [0.05, 0.1) is 11.6 Å². The summed E-state index contributed by atoms with van der Waals surface area (Å²) < 4.78 is 87.5. The predicted molar refractivity (Wildman–Crippen MR) is 128 cm³/mol. The number of carbonyl (C=O) groups is 3. The molecule has 11 nitrogen and oxygen atoms in total. The van der Waals surface area contributed by atoms with Crippen molar-refractivity contribution in [2.24, 2.45) is 13.0 Å².